The fourth-order valence-electron chi connectivity index (χ4n) is 2.45. The van der Waals surface area contributed by atoms with E-state index in [4.69, 9.17) is 9.47 Å². The second-order valence-corrected chi connectivity index (χ2v) is 5.88. The molecule has 2 atom stereocenters. The Morgan fingerprint density at radius 2 is 2.24 bits per heavy atom. The third-order valence-electron chi connectivity index (χ3n) is 3.52. The van der Waals surface area contributed by atoms with Gasteiger partial charge in [-0.05, 0) is 12.1 Å². The van der Waals surface area contributed by atoms with Gasteiger partial charge in [0, 0.05) is 24.2 Å². The molecule has 4 rings (SSSR count). The number of hydrogen-bond donors (Lipinski definition) is 1. The molecule has 1 N–H and O–H groups in total. The van der Waals surface area contributed by atoms with Crippen LogP contribution in [-0.2, 0) is 6.42 Å². The molecule has 0 fully saturated rings. The molecule has 1 aliphatic rings. The van der Waals surface area contributed by atoms with E-state index in [0.717, 1.165) is 16.4 Å². The predicted octanol–water partition coefficient (Wildman–Crippen LogP) is 2.14. The molecule has 2 aromatic heterocycles. The quantitative estimate of drug-likeness (QED) is 0.805. The van der Waals surface area contributed by atoms with Crippen molar-refractivity contribution in [2.45, 2.75) is 18.6 Å². The minimum absolute atomic E-state index is 0.348. The molecule has 3 heterocycles. The van der Waals surface area contributed by atoms with Crippen molar-refractivity contribution in [1.82, 2.24) is 9.38 Å². The van der Waals surface area contributed by atoms with E-state index in [1.54, 1.807) is 11.3 Å². The summed E-state index contributed by atoms with van der Waals surface area (Å²) in [5, 5.41) is 12.3. The van der Waals surface area contributed by atoms with Crippen LogP contribution in [0.4, 0.5) is 0 Å². The Morgan fingerprint density at radius 3 is 3.10 bits per heavy atom. The molecule has 108 valence electrons. The SMILES string of the molecule is OC(Cc1cn2ccsc2n1)C1COc2ccccc2O1. The number of aliphatic hydroxyl groups excluding tert-OH is 1. The first-order valence-corrected chi connectivity index (χ1v) is 7.65. The van der Waals surface area contributed by atoms with Crippen molar-refractivity contribution in [2.75, 3.05) is 6.61 Å². The van der Waals surface area contributed by atoms with Crippen LogP contribution in [0.1, 0.15) is 5.69 Å². The number of thiazole rings is 1. The average molecular weight is 302 g/mol. The molecule has 0 radical (unpaired) electrons. The molecule has 6 heteroatoms. The van der Waals surface area contributed by atoms with E-state index in [2.05, 4.69) is 4.98 Å². The highest BCUT2D eigenvalue weighted by molar-refractivity contribution is 7.15. The van der Waals surface area contributed by atoms with Crippen molar-refractivity contribution in [1.29, 1.82) is 0 Å². The van der Waals surface area contributed by atoms with E-state index in [0.29, 0.717) is 18.8 Å². The Kier molecular flexibility index (Phi) is 3.05. The summed E-state index contributed by atoms with van der Waals surface area (Å²) in [7, 11) is 0. The summed E-state index contributed by atoms with van der Waals surface area (Å²) in [6.45, 7) is 0.348. The molecular formula is C15H14N2O3S. The van der Waals surface area contributed by atoms with Crippen molar-refractivity contribution in [3.63, 3.8) is 0 Å². The van der Waals surface area contributed by atoms with Crippen molar-refractivity contribution in [3.05, 3.63) is 47.7 Å². The van der Waals surface area contributed by atoms with E-state index >= 15 is 0 Å². The summed E-state index contributed by atoms with van der Waals surface area (Å²) in [5.41, 5.74) is 0.858. The maximum atomic E-state index is 10.4. The minimum Gasteiger partial charge on any atom is -0.486 e. The third kappa shape index (κ3) is 2.36. The van der Waals surface area contributed by atoms with Gasteiger partial charge in [-0.3, -0.25) is 4.40 Å². The molecule has 1 aromatic carbocycles. The average Bonchev–Trinajstić information content (AvgIpc) is 3.08. The van der Waals surface area contributed by atoms with Gasteiger partial charge in [0.15, 0.2) is 22.6 Å². The molecule has 0 bridgehead atoms. The number of para-hydroxylation sites is 2. The van der Waals surface area contributed by atoms with Gasteiger partial charge in [0.2, 0.25) is 0 Å². The molecule has 0 saturated carbocycles. The predicted molar refractivity (Wildman–Crippen MR) is 79.1 cm³/mol. The summed E-state index contributed by atoms with van der Waals surface area (Å²) in [5.74, 6) is 1.40. The van der Waals surface area contributed by atoms with E-state index in [1.807, 2.05) is 46.4 Å². The Balaban J connectivity index is 1.48. The highest BCUT2D eigenvalue weighted by Crippen LogP contribution is 2.32. The van der Waals surface area contributed by atoms with Crippen LogP contribution in [0.5, 0.6) is 11.5 Å². The number of benzene rings is 1. The van der Waals surface area contributed by atoms with Crippen LogP contribution in [0.2, 0.25) is 0 Å². The first kappa shape index (κ1) is 12.7. The maximum Gasteiger partial charge on any atom is 0.193 e. The zero-order valence-electron chi connectivity index (χ0n) is 11.2. The standard InChI is InChI=1S/C15H14N2O3S/c18-11(7-10-8-17-5-6-21-15(17)16-10)14-9-19-12-3-1-2-4-13(12)20-14/h1-6,8,11,14,18H,7,9H2. The number of aliphatic hydroxyl groups is 1. The number of ether oxygens (including phenoxy) is 2. The van der Waals surface area contributed by atoms with Gasteiger partial charge in [0.1, 0.15) is 6.61 Å². The minimum atomic E-state index is -0.650. The lowest BCUT2D eigenvalue weighted by molar-refractivity contribution is -0.00976. The van der Waals surface area contributed by atoms with Crippen molar-refractivity contribution >= 4 is 16.3 Å². The van der Waals surface area contributed by atoms with Gasteiger partial charge in [-0.1, -0.05) is 12.1 Å². The molecule has 2 unspecified atom stereocenters. The van der Waals surface area contributed by atoms with Crippen LogP contribution < -0.4 is 9.47 Å². The molecule has 5 nitrogen and oxygen atoms in total. The zero-order valence-corrected chi connectivity index (χ0v) is 12.0. The van der Waals surface area contributed by atoms with E-state index in [1.165, 1.54) is 0 Å². The van der Waals surface area contributed by atoms with Crippen LogP contribution in [0, 0.1) is 0 Å². The second kappa shape index (κ2) is 5.05. The molecule has 0 aliphatic carbocycles. The lowest BCUT2D eigenvalue weighted by Crippen LogP contribution is -2.40. The summed E-state index contributed by atoms with van der Waals surface area (Å²) in [6, 6.07) is 7.50. The van der Waals surface area contributed by atoms with Crippen LogP contribution in [0.15, 0.2) is 42.0 Å². The van der Waals surface area contributed by atoms with Crippen molar-refractivity contribution in [2.24, 2.45) is 0 Å². The van der Waals surface area contributed by atoms with Gasteiger partial charge in [0.05, 0.1) is 11.8 Å². The van der Waals surface area contributed by atoms with E-state index < -0.39 is 6.10 Å². The van der Waals surface area contributed by atoms with Gasteiger partial charge in [-0.25, -0.2) is 4.98 Å². The monoisotopic (exact) mass is 302 g/mol. The lowest BCUT2D eigenvalue weighted by Gasteiger charge is -2.29. The van der Waals surface area contributed by atoms with Gasteiger partial charge in [-0.2, -0.15) is 0 Å². The Morgan fingerprint density at radius 1 is 1.38 bits per heavy atom. The fraction of sp³-hybridized carbons (Fsp3) is 0.267. The summed E-state index contributed by atoms with van der Waals surface area (Å²) in [4.78, 5) is 5.41. The number of rotatable bonds is 3. The molecule has 3 aromatic rings. The molecule has 0 amide bonds. The van der Waals surface area contributed by atoms with Crippen molar-refractivity contribution in [3.8, 4) is 11.5 Å². The summed E-state index contributed by atoms with van der Waals surface area (Å²) in [6.07, 6.45) is 3.32. The number of fused-ring (bicyclic) bond motifs is 2. The van der Waals surface area contributed by atoms with Gasteiger partial charge in [-0.15, -0.1) is 11.3 Å². The van der Waals surface area contributed by atoms with Crippen LogP contribution in [0.3, 0.4) is 0 Å². The Bertz CT molecular complexity index is 738. The molecule has 21 heavy (non-hydrogen) atoms. The Labute approximate surface area is 125 Å². The topological polar surface area (TPSA) is 56.0 Å². The smallest absolute Gasteiger partial charge is 0.193 e. The van der Waals surface area contributed by atoms with Crippen molar-refractivity contribution < 1.29 is 14.6 Å². The highest BCUT2D eigenvalue weighted by Gasteiger charge is 2.28. The maximum absolute atomic E-state index is 10.4. The van der Waals surface area contributed by atoms with Crippen LogP contribution in [0.25, 0.3) is 4.96 Å². The van der Waals surface area contributed by atoms with E-state index in [-0.39, 0.29) is 6.10 Å². The third-order valence-corrected chi connectivity index (χ3v) is 4.29. The van der Waals surface area contributed by atoms with Crippen LogP contribution >= 0.6 is 11.3 Å². The largest absolute Gasteiger partial charge is 0.486 e. The number of aromatic nitrogens is 2. The molecular weight excluding hydrogens is 288 g/mol. The van der Waals surface area contributed by atoms with Gasteiger partial charge < -0.3 is 14.6 Å². The second-order valence-electron chi connectivity index (χ2n) is 5.01. The normalized spacial score (nSPS) is 18.8. The zero-order chi connectivity index (χ0) is 14.2. The lowest BCUT2D eigenvalue weighted by atomic mass is 10.1. The molecule has 0 spiro atoms. The van der Waals surface area contributed by atoms with Gasteiger partial charge in [0.25, 0.3) is 0 Å². The van der Waals surface area contributed by atoms with E-state index in [9.17, 15) is 5.11 Å². The number of hydrogen-bond acceptors (Lipinski definition) is 5. The summed E-state index contributed by atoms with van der Waals surface area (Å²) < 4.78 is 13.4. The highest BCUT2D eigenvalue weighted by atomic mass is 32.1. The first-order chi connectivity index (χ1) is 10.3. The summed E-state index contributed by atoms with van der Waals surface area (Å²) >= 11 is 1.58. The molecule has 1 aliphatic heterocycles. The fourth-order valence-corrected chi connectivity index (χ4v) is 3.16. The van der Waals surface area contributed by atoms with Gasteiger partial charge >= 0.3 is 0 Å². The number of nitrogens with zero attached hydrogens (tertiary/aromatic N) is 2. The van der Waals surface area contributed by atoms with Crippen LogP contribution in [-0.4, -0.2) is 33.3 Å². The molecule has 0 saturated heterocycles. The number of imidazole rings is 1. The first-order valence-electron chi connectivity index (χ1n) is 6.77. The Hall–Kier alpha value is -2.05.